The summed E-state index contributed by atoms with van der Waals surface area (Å²) in [6.45, 7) is 0.857. The Kier molecular flexibility index (Phi) is 5.09. The van der Waals surface area contributed by atoms with Gasteiger partial charge in [0, 0.05) is 13.7 Å². The smallest absolute Gasteiger partial charge is 0.216 e. The molecule has 1 fully saturated rings. The Hall–Kier alpha value is -1.02. The number of methoxy groups -OCH3 is 1. The van der Waals surface area contributed by atoms with Crippen LogP contribution in [0.2, 0.25) is 0 Å². The Morgan fingerprint density at radius 1 is 1.40 bits per heavy atom. The maximum Gasteiger partial charge on any atom is 0.216 e. The van der Waals surface area contributed by atoms with Crippen molar-refractivity contribution >= 4 is 10.0 Å². The second-order valence-electron chi connectivity index (χ2n) is 4.75. The van der Waals surface area contributed by atoms with Crippen LogP contribution >= 0.6 is 0 Å². The number of halogens is 1. The van der Waals surface area contributed by atoms with Crippen molar-refractivity contribution in [2.45, 2.75) is 24.3 Å². The molecule has 1 aliphatic heterocycles. The van der Waals surface area contributed by atoms with Crippen molar-refractivity contribution in [1.29, 1.82) is 0 Å². The molecule has 1 aromatic carbocycles. The van der Waals surface area contributed by atoms with Gasteiger partial charge in [-0.15, -0.1) is 0 Å². The van der Waals surface area contributed by atoms with Crippen LogP contribution in [0.4, 0.5) is 4.39 Å². The van der Waals surface area contributed by atoms with Crippen LogP contribution in [-0.2, 0) is 25.2 Å². The summed E-state index contributed by atoms with van der Waals surface area (Å²) in [5.74, 6) is -0.584. The largest absolute Gasteiger partial charge is 0.380 e. The van der Waals surface area contributed by atoms with Crippen LogP contribution in [0.5, 0.6) is 0 Å². The molecule has 0 radical (unpaired) electrons. The summed E-state index contributed by atoms with van der Waals surface area (Å²) in [6.07, 6.45) is 0.465. The van der Waals surface area contributed by atoms with Gasteiger partial charge in [-0.05, 0) is 24.1 Å². The predicted molar refractivity (Wildman–Crippen MR) is 72.2 cm³/mol. The lowest BCUT2D eigenvalue weighted by Gasteiger charge is -2.30. The minimum atomic E-state index is -3.52. The van der Waals surface area contributed by atoms with Crippen LogP contribution in [0.15, 0.2) is 24.3 Å². The normalized spacial score (nSPS) is 23.7. The van der Waals surface area contributed by atoms with Crippen molar-refractivity contribution in [2.24, 2.45) is 0 Å². The summed E-state index contributed by atoms with van der Waals surface area (Å²) in [4.78, 5) is 0. The van der Waals surface area contributed by atoms with E-state index in [9.17, 15) is 12.8 Å². The van der Waals surface area contributed by atoms with Gasteiger partial charge in [0.1, 0.15) is 5.82 Å². The number of hydrogen-bond acceptors (Lipinski definition) is 4. The number of benzene rings is 1. The maximum absolute atomic E-state index is 12.8. The van der Waals surface area contributed by atoms with Crippen molar-refractivity contribution in [3.63, 3.8) is 0 Å². The van der Waals surface area contributed by atoms with Gasteiger partial charge in [0.25, 0.3) is 0 Å². The number of rotatable bonds is 5. The Labute approximate surface area is 118 Å². The van der Waals surface area contributed by atoms with E-state index in [0.717, 1.165) is 0 Å². The standard InChI is InChI=1S/C13H18FNO4S/c1-18-13-6-7-19-8-12(13)15-20(16,17)9-10-2-4-11(14)5-3-10/h2-5,12-13,15H,6-9H2,1H3/t12-,13-/m1/s1. The van der Waals surface area contributed by atoms with E-state index < -0.39 is 10.0 Å². The SMILES string of the molecule is CO[C@@H]1CCOC[C@H]1NS(=O)(=O)Cc1ccc(F)cc1. The zero-order valence-electron chi connectivity index (χ0n) is 11.2. The molecule has 1 aliphatic rings. The molecule has 1 heterocycles. The Balaban J connectivity index is 2.01. The molecule has 0 saturated carbocycles. The first kappa shape index (κ1) is 15.4. The van der Waals surface area contributed by atoms with E-state index in [1.54, 1.807) is 7.11 Å². The summed E-state index contributed by atoms with van der Waals surface area (Å²) < 4.78 is 50.1. The molecule has 1 saturated heterocycles. The first-order valence-corrected chi connectivity index (χ1v) is 8.00. The zero-order chi connectivity index (χ0) is 14.6. The molecule has 112 valence electrons. The third kappa shape index (κ3) is 4.24. The average molecular weight is 303 g/mol. The average Bonchev–Trinajstić information content (AvgIpc) is 2.41. The van der Waals surface area contributed by atoms with E-state index in [1.165, 1.54) is 24.3 Å². The molecule has 0 aromatic heterocycles. The van der Waals surface area contributed by atoms with Crippen molar-refractivity contribution in [1.82, 2.24) is 4.72 Å². The molecule has 20 heavy (non-hydrogen) atoms. The Morgan fingerprint density at radius 2 is 2.10 bits per heavy atom. The molecule has 5 nitrogen and oxygen atoms in total. The molecule has 0 amide bonds. The van der Waals surface area contributed by atoms with E-state index >= 15 is 0 Å². The third-order valence-electron chi connectivity index (χ3n) is 3.20. The van der Waals surface area contributed by atoms with Crippen molar-refractivity contribution in [3.05, 3.63) is 35.6 Å². The zero-order valence-corrected chi connectivity index (χ0v) is 12.0. The molecule has 1 aromatic rings. The van der Waals surface area contributed by atoms with E-state index in [1.807, 2.05) is 0 Å². The lowest BCUT2D eigenvalue weighted by atomic mass is 10.1. The fourth-order valence-electron chi connectivity index (χ4n) is 2.18. The van der Waals surface area contributed by atoms with Crippen molar-refractivity contribution < 1.29 is 22.3 Å². The number of hydrogen-bond donors (Lipinski definition) is 1. The van der Waals surface area contributed by atoms with Crippen molar-refractivity contribution in [3.8, 4) is 0 Å². The van der Waals surface area contributed by atoms with E-state index in [4.69, 9.17) is 9.47 Å². The molecule has 1 N–H and O–H groups in total. The van der Waals surface area contributed by atoms with Gasteiger partial charge >= 0.3 is 0 Å². The second-order valence-corrected chi connectivity index (χ2v) is 6.50. The second kappa shape index (κ2) is 6.62. The van der Waals surface area contributed by atoms with Gasteiger partial charge in [0.15, 0.2) is 0 Å². The molecule has 2 rings (SSSR count). The summed E-state index contributed by atoms with van der Waals surface area (Å²) in [5, 5.41) is 0. The summed E-state index contributed by atoms with van der Waals surface area (Å²) >= 11 is 0. The molecular formula is C13H18FNO4S. The van der Waals surface area contributed by atoms with Gasteiger partial charge < -0.3 is 9.47 Å². The van der Waals surface area contributed by atoms with Crippen LogP contribution < -0.4 is 4.72 Å². The quantitative estimate of drug-likeness (QED) is 0.883. The lowest BCUT2D eigenvalue weighted by molar-refractivity contribution is -0.0305. The van der Waals surface area contributed by atoms with E-state index in [-0.39, 0.29) is 23.7 Å². The molecule has 0 bridgehead atoms. The molecule has 7 heteroatoms. The highest BCUT2D eigenvalue weighted by Gasteiger charge is 2.29. The minimum absolute atomic E-state index is 0.188. The Bertz CT molecular complexity index is 532. The topological polar surface area (TPSA) is 64.6 Å². The monoisotopic (exact) mass is 303 g/mol. The third-order valence-corrected chi connectivity index (χ3v) is 4.57. The molecule has 0 spiro atoms. The van der Waals surface area contributed by atoms with Gasteiger partial charge in [0.05, 0.1) is 24.5 Å². The van der Waals surface area contributed by atoms with Gasteiger partial charge in [-0.2, -0.15) is 0 Å². The van der Waals surface area contributed by atoms with Crippen LogP contribution in [0.3, 0.4) is 0 Å². The fraction of sp³-hybridized carbons (Fsp3) is 0.538. The fourth-order valence-corrected chi connectivity index (χ4v) is 3.58. The Morgan fingerprint density at radius 3 is 2.75 bits per heavy atom. The highest BCUT2D eigenvalue weighted by Crippen LogP contribution is 2.14. The lowest BCUT2D eigenvalue weighted by Crippen LogP contribution is -2.50. The van der Waals surface area contributed by atoms with E-state index in [0.29, 0.717) is 25.2 Å². The van der Waals surface area contributed by atoms with Crippen LogP contribution in [0.25, 0.3) is 0 Å². The predicted octanol–water partition coefficient (Wildman–Crippen LogP) is 1.05. The summed E-state index contributed by atoms with van der Waals surface area (Å²) in [6, 6.07) is 5.01. The molecule has 0 aliphatic carbocycles. The van der Waals surface area contributed by atoms with Crippen LogP contribution in [0.1, 0.15) is 12.0 Å². The van der Waals surface area contributed by atoms with Gasteiger partial charge in [-0.25, -0.2) is 17.5 Å². The number of ether oxygens (including phenoxy) is 2. The molecular weight excluding hydrogens is 285 g/mol. The molecule has 2 atom stereocenters. The van der Waals surface area contributed by atoms with Gasteiger partial charge in [-0.1, -0.05) is 12.1 Å². The maximum atomic E-state index is 12.8. The highest BCUT2D eigenvalue weighted by molar-refractivity contribution is 7.88. The van der Waals surface area contributed by atoms with E-state index in [2.05, 4.69) is 4.72 Å². The first-order valence-electron chi connectivity index (χ1n) is 6.35. The van der Waals surface area contributed by atoms with Gasteiger partial charge in [0.2, 0.25) is 10.0 Å². The van der Waals surface area contributed by atoms with Crippen molar-refractivity contribution in [2.75, 3.05) is 20.3 Å². The highest BCUT2D eigenvalue weighted by atomic mass is 32.2. The van der Waals surface area contributed by atoms with Crippen LogP contribution in [-0.4, -0.2) is 40.9 Å². The number of nitrogens with one attached hydrogen (secondary N) is 1. The minimum Gasteiger partial charge on any atom is -0.380 e. The molecule has 0 unspecified atom stereocenters. The summed E-state index contributed by atoms with van der Waals surface area (Å²) in [5.41, 5.74) is 0.532. The first-order chi connectivity index (χ1) is 9.50. The summed E-state index contributed by atoms with van der Waals surface area (Å²) in [7, 11) is -1.97. The number of sulfonamides is 1. The van der Waals surface area contributed by atoms with Crippen LogP contribution in [0, 0.1) is 5.82 Å². The van der Waals surface area contributed by atoms with Gasteiger partial charge in [-0.3, -0.25) is 0 Å².